The molecular weight excluding hydrogens is 318 g/mol. The summed E-state index contributed by atoms with van der Waals surface area (Å²) in [7, 11) is 3.15. The van der Waals surface area contributed by atoms with Gasteiger partial charge in [0.15, 0.2) is 0 Å². The van der Waals surface area contributed by atoms with Gasteiger partial charge in [-0.2, -0.15) is 0 Å². The Morgan fingerprint density at radius 3 is 2.32 bits per heavy atom. The summed E-state index contributed by atoms with van der Waals surface area (Å²) in [6.07, 6.45) is -0.117. The molecule has 0 saturated carbocycles. The van der Waals surface area contributed by atoms with Crippen LogP contribution in [0.3, 0.4) is 0 Å². The van der Waals surface area contributed by atoms with Gasteiger partial charge < -0.3 is 19.1 Å². The topological polar surface area (TPSA) is 48.0 Å². The van der Waals surface area contributed by atoms with E-state index in [-0.39, 0.29) is 18.1 Å². The standard InChI is InChI=1S/C20H23NO4/c1-14-13-25-19(15-7-5-4-6-8-15)12-21(14)20(22)16-9-17(23-2)11-18(10-16)24-3/h4-11,14,19H,12-13H2,1-3H3. The van der Waals surface area contributed by atoms with E-state index in [0.29, 0.717) is 30.2 Å². The van der Waals surface area contributed by atoms with E-state index < -0.39 is 0 Å². The third-order valence-corrected chi connectivity index (χ3v) is 4.46. The number of methoxy groups -OCH3 is 2. The van der Waals surface area contributed by atoms with Crippen LogP contribution in [0, 0.1) is 0 Å². The Bertz CT molecular complexity index is 709. The largest absolute Gasteiger partial charge is 0.497 e. The molecule has 25 heavy (non-hydrogen) atoms. The Balaban J connectivity index is 1.85. The highest BCUT2D eigenvalue weighted by atomic mass is 16.5. The lowest BCUT2D eigenvalue weighted by atomic mass is 10.0. The van der Waals surface area contributed by atoms with Gasteiger partial charge in [0.05, 0.1) is 33.4 Å². The summed E-state index contributed by atoms with van der Waals surface area (Å²) in [6, 6.07) is 15.2. The number of amides is 1. The number of nitrogens with zero attached hydrogens (tertiary/aromatic N) is 1. The van der Waals surface area contributed by atoms with Gasteiger partial charge in [-0.05, 0) is 24.6 Å². The Hall–Kier alpha value is -2.53. The smallest absolute Gasteiger partial charge is 0.254 e. The van der Waals surface area contributed by atoms with Gasteiger partial charge in [-0.3, -0.25) is 4.79 Å². The molecule has 0 aromatic heterocycles. The molecular formula is C20H23NO4. The summed E-state index contributed by atoms with van der Waals surface area (Å²) in [5, 5.41) is 0. The highest BCUT2D eigenvalue weighted by Gasteiger charge is 2.31. The molecule has 0 bridgehead atoms. The van der Waals surface area contributed by atoms with E-state index >= 15 is 0 Å². The predicted octanol–water partition coefficient (Wildman–Crippen LogP) is 3.31. The number of carbonyl (C=O) groups excluding carboxylic acids is 1. The first-order valence-electron chi connectivity index (χ1n) is 8.33. The monoisotopic (exact) mass is 341 g/mol. The quantitative estimate of drug-likeness (QED) is 0.856. The van der Waals surface area contributed by atoms with Crippen LogP contribution in [0.1, 0.15) is 28.9 Å². The van der Waals surface area contributed by atoms with Gasteiger partial charge in [0, 0.05) is 11.6 Å². The number of hydrogen-bond donors (Lipinski definition) is 0. The van der Waals surface area contributed by atoms with Crippen LogP contribution >= 0.6 is 0 Å². The van der Waals surface area contributed by atoms with E-state index in [1.807, 2.05) is 42.2 Å². The lowest BCUT2D eigenvalue weighted by Gasteiger charge is -2.38. The van der Waals surface area contributed by atoms with Crippen molar-refractivity contribution in [3.05, 3.63) is 59.7 Å². The summed E-state index contributed by atoms with van der Waals surface area (Å²) in [6.45, 7) is 3.02. The van der Waals surface area contributed by atoms with Crippen LogP contribution in [-0.2, 0) is 4.74 Å². The normalized spacial score (nSPS) is 20.2. The van der Waals surface area contributed by atoms with E-state index in [1.54, 1.807) is 32.4 Å². The molecule has 132 valence electrons. The molecule has 1 aliphatic heterocycles. The zero-order valence-electron chi connectivity index (χ0n) is 14.8. The molecule has 3 rings (SSSR count). The Labute approximate surface area is 148 Å². The lowest BCUT2D eigenvalue weighted by molar-refractivity contribution is -0.0486. The maximum absolute atomic E-state index is 13.1. The van der Waals surface area contributed by atoms with Gasteiger partial charge in [0.1, 0.15) is 17.6 Å². The first kappa shape index (κ1) is 17.3. The second-order valence-electron chi connectivity index (χ2n) is 6.14. The molecule has 2 unspecified atom stereocenters. The lowest BCUT2D eigenvalue weighted by Crippen LogP contribution is -2.48. The van der Waals surface area contributed by atoms with Crippen LogP contribution in [0.4, 0.5) is 0 Å². The van der Waals surface area contributed by atoms with Crippen LogP contribution in [0.5, 0.6) is 11.5 Å². The minimum Gasteiger partial charge on any atom is -0.497 e. The number of rotatable bonds is 4. The maximum atomic E-state index is 13.1. The SMILES string of the molecule is COc1cc(OC)cc(C(=O)N2CC(c3ccccc3)OCC2C)c1. The van der Waals surface area contributed by atoms with Crippen molar-refractivity contribution in [1.82, 2.24) is 4.90 Å². The van der Waals surface area contributed by atoms with Crippen LogP contribution < -0.4 is 9.47 Å². The summed E-state index contributed by atoms with van der Waals surface area (Å²) in [4.78, 5) is 14.9. The van der Waals surface area contributed by atoms with Gasteiger partial charge in [-0.1, -0.05) is 30.3 Å². The van der Waals surface area contributed by atoms with Crippen LogP contribution in [0.25, 0.3) is 0 Å². The second kappa shape index (κ2) is 7.57. The van der Waals surface area contributed by atoms with Crippen LogP contribution in [-0.4, -0.2) is 44.2 Å². The van der Waals surface area contributed by atoms with Crippen molar-refractivity contribution >= 4 is 5.91 Å². The van der Waals surface area contributed by atoms with Crippen molar-refractivity contribution in [2.24, 2.45) is 0 Å². The summed E-state index contributed by atoms with van der Waals surface area (Å²) in [5.41, 5.74) is 1.63. The van der Waals surface area contributed by atoms with Crippen molar-refractivity contribution in [1.29, 1.82) is 0 Å². The minimum atomic E-state index is -0.117. The fraction of sp³-hybridized carbons (Fsp3) is 0.350. The molecule has 2 atom stereocenters. The number of carbonyl (C=O) groups is 1. The van der Waals surface area contributed by atoms with E-state index in [0.717, 1.165) is 5.56 Å². The average Bonchev–Trinajstić information content (AvgIpc) is 2.68. The molecule has 0 radical (unpaired) electrons. The number of ether oxygens (including phenoxy) is 3. The van der Waals surface area contributed by atoms with Crippen molar-refractivity contribution in [3.8, 4) is 11.5 Å². The van der Waals surface area contributed by atoms with Gasteiger partial charge in [0.25, 0.3) is 5.91 Å². The fourth-order valence-electron chi connectivity index (χ4n) is 3.01. The zero-order chi connectivity index (χ0) is 17.8. The third kappa shape index (κ3) is 3.77. The average molecular weight is 341 g/mol. The molecule has 1 saturated heterocycles. The molecule has 1 fully saturated rings. The fourth-order valence-corrected chi connectivity index (χ4v) is 3.01. The molecule has 5 nitrogen and oxygen atoms in total. The molecule has 0 N–H and O–H groups in total. The molecule has 2 aromatic rings. The summed E-state index contributed by atoms with van der Waals surface area (Å²) < 4.78 is 16.5. The van der Waals surface area contributed by atoms with Gasteiger partial charge in [-0.25, -0.2) is 0 Å². The Morgan fingerprint density at radius 2 is 1.72 bits per heavy atom. The first-order valence-corrected chi connectivity index (χ1v) is 8.33. The van der Waals surface area contributed by atoms with Gasteiger partial charge in [-0.15, -0.1) is 0 Å². The van der Waals surface area contributed by atoms with E-state index in [1.165, 1.54) is 0 Å². The molecule has 1 aliphatic rings. The first-order chi connectivity index (χ1) is 12.1. The molecule has 1 heterocycles. The number of morpholine rings is 1. The Kier molecular flexibility index (Phi) is 5.24. The second-order valence-corrected chi connectivity index (χ2v) is 6.14. The summed E-state index contributed by atoms with van der Waals surface area (Å²) >= 11 is 0. The number of hydrogen-bond acceptors (Lipinski definition) is 4. The maximum Gasteiger partial charge on any atom is 0.254 e. The summed E-state index contributed by atoms with van der Waals surface area (Å²) in [5.74, 6) is 1.15. The molecule has 0 spiro atoms. The van der Waals surface area contributed by atoms with Crippen LogP contribution in [0.15, 0.2) is 48.5 Å². The van der Waals surface area contributed by atoms with Crippen LogP contribution in [0.2, 0.25) is 0 Å². The molecule has 2 aromatic carbocycles. The minimum absolute atomic E-state index is 0.00431. The highest BCUT2D eigenvalue weighted by Crippen LogP contribution is 2.28. The Morgan fingerprint density at radius 1 is 1.08 bits per heavy atom. The van der Waals surface area contributed by atoms with Gasteiger partial charge in [0.2, 0.25) is 0 Å². The number of benzene rings is 2. The van der Waals surface area contributed by atoms with Crippen molar-refractivity contribution in [2.45, 2.75) is 19.1 Å². The van der Waals surface area contributed by atoms with Crippen molar-refractivity contribution in [2.75, 3.05) is 27.4 Å². The zero-order valence-corrected chi connectivity index (χ0v) is 14.8. The highest BCUT2D eigenvalue weighted by molar-refractivity contribution is 5.95. The third-order valence-electron chi connectivity index (χ3n) is 4.46. The molecule has 5 heteroatoms. The van der Waals surface area contributed by atoms with E-state index in [2.05, 4.69) is 0 Å². The van der Waals surface area contributed by atoms with Gasteiger partial charge >= 0.3 is 0 Å². The predicted molar refractivity (Wildman–Crippen MR) is 95.2 cm³/mol. The molecule has 1 amide bonds. The van der Waals surface area contributed by atoms with E-state index in [9.17, 15) is 4.79 Å². The van der Waals surface area contributed by atoms with Crippen molar-refractivity contribution < 1.29 is 19.0 Å². The van der Waals surface area contributed by atoms with Crippen molar-refractivity contribution in [3.63, 3.8) is 0 Å². The van der Waals surface area contributed by atoms with E-state index in [4.69, 9.17) is 14.2 Å². The molecule has 0 aliphatic carbocycles.